The van der Waals surface area contributed by atoms with Crippen LogP contribution in [0.1, 0.15) is 29.8 Å². The maximum Gasteiger partial charge on any atom is 0.435 e. The summed E-state index contributed by atoms with van der Waals surface area (Å²) in [7, 11) is 3.05. The van der Waals surface area contributed by atoms with Crippen molar-refractivity contribution in [3.05, 3.63) is 65.5 Å². The topological polar surface area (TPSA) is 54.2 Å². The van der Waals surface area contributed by atoms with Gasteiger partial charge in [-0.1, -0.05) is 36.4 Å². The number of benzene rings is 2. The highest BCUT2D eigenvalue weighted by atomic mass is 19.4. The highest BCUT2D eigenvalue weighted by molar-refractivity contribution is 5.84. The molecule has 1 aromatic heterocycles. The summed E-state index contributed by atoms with van der Waals surface area (Å²) in [6, 6.07) is 14.1. The van der Waals surface area contributed by atoms with Gasteiger partial charge >= 0.3 is 6.18 Å². The van der Waals surface area contributed by atoms with E-state index in [1.54, 1.807) is 7.05 Å². The van der Waals surface area contributed by atoms with Crippen LogP contribution < -0.4 is 10.6 Å². The first-order chi connectivity index (χ1) is 13.3. The standard InChI is InChI=1S/C20H22F3N5/c1-13(15-9-8-14-6-4-5-7-16(14)10-15)26-19(24-2)25-11-17-12-28(3)27-18(17)20(21,22)23/h4-10,12-13H,11H2,1-3H3,(H2,24,25,26). The van der Waals surface area contributed by atoms with Crippen molar-refractivity contribution in [1.29, 1.82) is 0 Å². The number of nitrogens with one attached hydrogen (secondary N) is 2. The van der Waals surface area contributed by atoms with Crippen molar-refractivity contribution in [3.63, 3.8) is 0 Å². The fraction of sp³-hybridized carbons (Fsp3) is 0.300. The molecule has 0 aliphatic carbocycles. The first-order valence-electron chi connectivity index (χ1n) is 8.83. The van der Waals surface area contributed by atoms with Crippen LogP contribution in [0.4, 0.5) is 13.2 Å². The summed E-state index contributed by atoms with van der Waals surface area (Å²) in [6.45, 7) is 1.94. The lowest BCUT2D eigenvalue weighted by molar-refractivity contribution is -0.142. The van der Waals surface area contributed by atoms with Gasteiger partial charge in [0.15, 0.2) is 11.7 Å². The van der Waals surface area contributed by atoms with Gasteiger partial charge in [0.1, 0.15) is 0 Å². The van der Waals surface area contributed by atoms with Gasteiger partial charge in [0.05, 0.1) is 6.04 Å². The molecule has 3 rings (SSSR count). The van der Waals surface area contributed by atoms with Gasteiger partial charge in [0.2, 0.25) is 0 Å². The largest absolute Gasteiger partial charge is 0.435 e. The van der Waals surface area contributed by atoms with Gasteiger partial charge in [-0.2, -0.15) is 18.3 Å². The zero-order valence-corrected chi connectivity index (χ0v) is 15.9. The molecule has 0 saturated carbocycles. The molecule has 1 atom stereocenters. The Kier molecular flexibility index (Phi) is 5.58. The van der Waals surface area contributed by atoms with Gasteiger partial charge in [-0.3, -0.25) is 9.67 Å². The molecule has 0 bridgehead atoms. The van der Waals surface area contributed by atoms with Crippen LogP contribution in [0.15, 0.2) is 53.7 Å². The molecule has 148 valence electrons. The van der Waals surface area contributed by atoms with E-state index in [1.165, 1.54) is 13.2 Å². The number of aromatic nitrogens is 2. The summed E-state index contributed by atoms with van der Waals surface area (Å²) >= 11 is 0. The normalized spacial score (nSPS) is 13.6. The molecule has 0 aliphatic rings. The highest BCUT2D eigenvalue weighted by Crippen LogP contribution is 2.30. The zero-order valence-electron chi connectivity index (χ0n) is 15.9. The Labute approximate surface area is 161 Å². The van der Waals surface area contributed by atoms with E-state index in [0.29, 0.717) is 5.96 Å². The molecule has 8 heteroatoms. The van der Waals surface area contributed by atoms with E-state index >= 15 is 0 Å². The lowest BCUT2D eigenvalue weighted by Gasteiger charge is -2.19. The van der Waals surface area contributed by atoms with E-state index in [1.807, 2.05) is 43.3 Å². The van der Waals surface area contributed by atoms with Crippen LogP contribution in [-0.4, -0.2) is 22.8 Å². The number of nitrogens with zero attached hydrogens (tertiary/aromatic N) is 3. The van der Waals surface area contributed by atoms with Crippen molar-refractivity contribution in [2.45, 2.75) is 25.7 Å². The van der Waals surface area contributed by atoms with E-state index in [2.05, 4.69) is 26.8 Å². The van der Waals surface area contributed by atoms with Crippen LogP contribution in [0, 0.1) is 0 Å². The Hall–Kier alpha value is -3.03. The summed E-state index contributed by atoms with van der Waals surface area (Å²) in [5.41, 5.74) is 0.232. The van der Waals surface area contributed by atoms with Crippen molar-refractivity contribution >= 4 is 16.7 Å². The Morgan fingerprint density at radius 2 is 1.89 bits per heavy atom. The predicted molar refractivity (Wildman–Crippen MR) is 104 cm³/mol. The number of halogens is 3. The second kappa shape index (κ2) is 7.92. The minimum Gasteiger partial charge on any atom is -0.352 e. The lowest BCUT2D eigenvalue weighted by Crippen LogP contribution is -2.38. The van der Waals surface area contributed by atoms with E-state index in [0.717, 1.165) is 21.0 Å². The zero-order chi connectivity index (χ0) is 20.3. The molecule has 0 spiro atoms. The molecule has 3 aromatic rings. The summed E-state index contributed by atoms with van der Waals surface area (Å²) in [5, 5.41) is 11.9. The number of rotatable bonds is 4. The summed E-state index contributed by atoms with van der Waals surface area (Å²) < 4.78 is 40.4. The smallest absolute Gasteiger partial charge is 0.352 e. The fourth-order valence-corrected chi connectivity index (χ4v) is 3.04. The molecular formula is C20H22F3N5. The Balaban J connectivity index is 1.69. The van der Waals surface area contributed by atoms with Crippen molar-refractivity contribution < 1.29 is 13.2 Å². The molecule has 0 amide bonds. The number of aliphatic imine (C=N–C) groups is 1. The molecule has 2 aromatic carbocycles. The number of hydrogen-bond acceptors (Lipinski definition) is 2. The summed E-state index contributed by atoms with van der Waals surface area (Å²) in [6.07, 6.45) is -3.14. The number of guanidine groups is 1. The molecular weight excluding hydrogens is 367 g/mol. The van der Waals surface area contributed by atoms with Gasteiger partial charge in [-0.15, -0.1) is 0 Å². The minimum atomic E-state index is -4.49. The van der Waals surface area contributed by atoms with Crippen molar-refractivity contribution in [1.82, 2.24) is 20.4 Å². The Morgan fingerprint density at radius 1 is 1.18 bits per heavy atom. The molecule has 2 N–H and O–H groups in total. The third kappa shape index (κ3) is 4.44. The molecule has 0 radical (unpaired) electrons. The Bertz CT molecular complexity index is 991. The molecule has 28 heavy (non-hydrogen) atoms. The average Bonchev–Trinajstić information content (AvgIpc) is 3.05. The molecule has 1 unspecified atom stereocenters. The van der Waals surface area contributed by atoms with E-state index in [4.69, 9.17) is 0 Å². The van der Waals surface area contributed by atoms with Crippen LogP contribution in [0.5, 0.6) is 0 Å². The highest BCUT2D eigenvalue weighted by Gasteiger charge is 2.36. The van der Waals surface area contributed by atoms with Crippen LogP contribution in [0.25, 0.3) is 10.8 Å². The van der Waals surface area contributed by atoms with Crippen molar-refractivity contribution in [2.24, 2.45) is 12.0 Å². The molecule has 0 fully saturated rings. The third-order valence-corrected chi connectivity index (χ3v) is 4.47. The quantitative estimate of drug-likeness (QED) is 0.524. The molecule has 1 heterocycles. The number of aryl methyl sites for hydroxylation is 1. The first kappa shape index (κ1) is 19.7. The van der Waals surface area contributed by atoms with Crippen molar-refractivity contribution in [3.8, 4) is 0 Å². The lowest BCUT2D eigenvalue weighted by atomic mass is 10.0. The Morgan fingerprint density at radius 3 is 2.57 bits per heavy atom. The van der Waals surface area contributed by atoms with E-state index in [-0.39, 0.29) is 18.2 Å². The predicted octanol–water partition coefficient (Wildman–Crippen LogP) is 4.02. The minimum absolute atomic E-state index is 0.0349. The molecule has 0 saturated heterocycles. The van der Waals surface area contributed by atoms with E-state index < -0.39 is 11.9 Å². The second-order valence-electron chi connectivity index (χ2n) is 6.57. The van der Waals surface area contributed by atoms with Gasteiger partial charge in [-0.25, -0.2) is 0 Å². The van der Waals surface area contributed by atoms with Gasteiger partial charge < -0.3 is 10.6 Å². The van der Waals surface area contributed by atoms with Gasteiger partial charge in [-0.05, 0) is 29.3 Å². The maximum atomic E-state index is 13.1. The van der Waals surface area contributed by atoms with Gasteiger partial charge in [0.25, 0.3) is 0 Å². The number of fused-ring (bicyclic) bond motifs is 1. The molecule has 0 aliphatic heterocycles. The second-order valence-corrected chi connectivity index (χ2v) is 6.57. The summed E-state index contributed by atoms with van der Waals surface area (Å²) in [5.74, 6) is 0.414. The number of alkyl halides is 3. The van der Waals surface area contributed by atoms with Gasteiger partial charge in [0, 0.05) is 32.4 Å². The number of hydrogen-bond donors (Lipinski definition) is 2. The van der Waals surface area contributed by atoms with E-state index in [9.17, 15) is 13.2 Å². The average molecular weight is 389 g/mol. The van der Waals surface area contributed by atoms with Crippen LogP contribution in [0.2, 0.25) is 0 Å². The summed E-state index contributed by atoms with van der Waals surface area (Å²) in [4.78, 5) is 4.12. The third-order valence-electron chi connectivity index (χ3n) is 4.47. The van der Waals surface area contributed by atoms with Crippen LogP contribution in [0.3, 0.4) is 0 Å². The SMILES string of the molecule is CN=C(NCc1cn(C)nc1C(F)(F)F)NC(C)c1ccc2ccccc2c1. The van der Waals surface area contributed by atoms with Crippen LogP contribution >= 0.6 is 0 Å². The van der Waals surface area contributed by atoms with Crippen molar-refractivity contribution in [2.75, 3.05) is 7.05 Å². The monoisotopic (exact) mass is 389 g/mol. The fourth-order valence-electron chi connectivity index (χ4n) is 3.04. The maximum absolute atomic E-state index is 13.1. The first-order valence-corrected chi connectivity index (χ1v) is 8.83. The molecule has 5 nitrogen and oxygen atoms in total. The van der Waals surface area contributed by atoms with Crippen LogP contribution in [-0.2, 0) is 19.8 Å².